The molecule has 2 aliphatic rings. The maximum Gasteiger partial charge on any atom is 0.294 e. The highest BCUT2D eigenvalue weighted by Gasteiger charge is 2.45. The van der Waals surface area contributed by atoms with Gasteiger partial charge in [-0.25, -0.2) is 8.42 Å². The monoisotopic (exact) mass is 909 g/mol. The molecule has 0 fully saturated rings. The number of nitrogens with one attached hydrogen (secondary N) is 1. The van der Waals surface area contributed by atoms with E-state index in [1.165, 1.54) is 30.3 Å². The van der Waals surface area contributed by atoms with Crippen LogP contribution in [0.2, 0.25) is 0 Å². The van der Waals surface area contributed by atoms with Gasteiger partial charge in [-0.15, -0.1) is 6.42 Å². The topological polar surface area (TPSA) is 256 Å². The third-order valence-corrected chi connectivity index (χ3v) is 14.0. The largest absolute Gasteiger partial charge is 0.744 e. The van der Waals surface area contributed by atoms with Gasteiger partial charge in [-0.05, 0) is 88.4 Å². The standard InChI is InChI=1S/C40H51N3O13S4/c1-5-23-41-38(44)17-10-7-12-24-43-35-21-19-31(60(54,55)56)29-33(35)40(4,22-11-13-26-57(45,46)47)37(43)16-9-6-8-15-36-39(2,3)32-28-30(59(51,52)53)18-20-34(32)42(36)25-14-27-58(48,49)50/h1,6,8-9,15-16,18-21,28-29H,7,10-14,17,22-27H2,2-4H3,(H4-,41,44,45,46,47,48,49,50,51,52,53,54,55,56). The molecule has 60 heavy (non-hydrogen) atoms. The number of unbranched alkanes of at least 4 members (excludes halogenated alkanes) is 3. The fraction of sp³-hybridized carbons (Fsp3) is 0.450. The molecule has 0 bridgehead atoms. The van der Waals surface area contributed by atoms with Crippen LogP contribution < -0.4 is 10.2 Å². The highest BCUT2D eigenvalue weighted by atomic mass is 32.2. The molecule has 4 rings (SSSR count). The third kappa shape index (κ3) is 12.4. The fourth-order valence-corrected chi connectivity index (χ4v) is 9.81. The van der Waals surface area contributed by atoms with E-state index < -0.39 is 67.7 Å². The zero-order chi connectivity index (χ0) is 44.7. The van der Waals surface area contributed by atoms with Crippen LogP contribution in [0.5, 0.6) is 0 Å². The molecule has 1 amide bonds. The highest BCUT2D eigenvalue weighted by molar-refractivity contribution is 7.86. The van der Waals surface area contributed by atoms with E-state index in [2.05, 4.69) is 11.2 Å². The van der Waals surface area contributed by atoms with Gasteiger partial charge in [-0.1, -0.05) is 37.0 Å². The Bertz CT molecular complexity index is 2590. The Hall–Kier alpha value is -4.20. The Labute approximate surface area is 353 Å². The van der Waals surface area contributed by atoms with E-state index in [1.807, 2.05) is 36.3 Å². The molecule has 2 heterocycles. The SMILES string of the molecule is C#CCNC(=O)CCCCCN1C(=CC=CC=CC2=[N+](CCCS(=O)(=O)O)c3ccc(S(=O)(=O)O)cc3C2(C)C)C(C)(CCCCS(=O)(=O)O)c2cc(S(=O)(=O)[O-])ccc21. The van der Waals surface area contributed by atoms with Crippen LogP contribution in [0.1, 0.15) is 83.3 Å². The lowest BCUT2D eigenvalue weighted by Crippen LogP contribution is -2.29. The van der Waals surface area contributed by atoms with Gasteiger partial charge >= 0.3 is 0 Å². The summed E-state index contributed by atoms with van der Waals surface area (Å²) < 4.78 is 137. The van der Waals surface area contributed by atoms with Crippen LogP contribution in [0.4, 0.5) is 11.4 Å². The molecular formula is C40H51N3O13S4. The van der Waals surface area contributed by atoms with Gasteiger partial charge in [-0.2, -0.15) is 29.8 Å². The molecule has 2 aromatic carbocycles. The molecule has 0 saturated heterocycles. The molecule has 0 radical (unpaired) electrons. The number of carbonyl (C=O) groups excluding carboxylic acids is 1. The number of amides is 1. The molecule has 0 aliphatic carbocycles. The average Bonchev–Trinajstić information content (AvgIpc) is 3.49. The number of hydrogen-bond donors (Lipinski definition) is 4. The Morgan fingerprint density at radius 1 is 0.833 bits per heavy atom. The lowest BCUT2D eigenvalue weighted by Gasteiger charge is -2.30. The second-order valence-corrected chi connectivity index (χ2v) is 21.3. The molecule has 0 spiro atoms. The van der Waals surface area contributed by atoms with Crippen molar-refractivity contribution in [3.05, 3.63) is 83.6 Å². The number of nitrogens with zero attached hydrogens (tertiary/aromatic N) is 2. The van der Waals surface area contributed by atoms with Gasteiger partial charge in [0.25, 0.3) is 30.4 Å². The second kappa shape index (κ2) is 19.2. The lowest BCUT2D eigenvalue weighted by atomic mass is 9.77. The van der Waals surface area contributed by atoms with Crippen molar-refractivity contribution in [2.24, 2.45) is 0 Å². The highest BCUT2D eigenvalue weighted by Crippen LogP contribution is 2.51. The molecule has 0 aromatic heterocycles. The van der Waals surface area contributed by atoms with Crippen LogP contribution in [0.3, 0.4) is 0 Å². The minimum Gasteiger partial charge on any atom is -0.744 e. The molecular weight excluding hydrogens is 859 g/mol. The molecule has 16 nitrogen and oxygen atoms in total. The minimum absolute atomic E-state index is 0.0429. The summed E-state index contributed by atoms with van der Waals surface area (Å²) in [6.45, 7) is 6.26. The summed E-state index contributed by atoms with van der Waals surface area (Å²) in [7, 11) is -17.9. The summed E-state index contributed by atoms with van der Waals surface area (Å²) in [5.74, 6) is 1.20. The number of carbonyl (C=O) groups is 1. The van der Waals surface area contributed by atoms with E-state index in [0.29, 0.717) is 72.6 Å². The Kier molecular flexibility index (Phi) is 15.5. The molecule has 2 aromatic rings. The van der Waals surface area contributed by atoms with Crippen LogP contribution in [-0.2, 0) is 56.1 Å². The van der Waals surface area contributed by atoms with Gasteiger partial charge in [0.15, 0.2) is 5.71 Å². The van der Waals surface area contributed by atoms with Crippen molar-refractivity contribution in [2.45, 2.75) is 92.8 Å². The summed E-state index contributed by atoms with van der Waals surface area (Å²) in [5, 5.41) is 2.63. The number of rotatable bonds is 21. The van der Waals surface area contributed by atoms with E-state index in [1.54, 1.807) is 30.4 Å². The van der Waals surface area contributed by atoms with Crippen molar-refractivity contribution >= 4 is 63.5 Å². The Morgan fingerprint density at radius 2 is 1.48 bits per heavy atom. The molecule has 1 atom stereocenters. The normalized spacial score (nSPS) is 18.7. The predicted molar refractivity (Wildman–Crippen MR) is 226 cm³/mol. The zero-order valence-corrected chi connectivity index (χ0v) is 36.8. The lowest BCUT2D eigenvalue weighted by molar-refractivity contribution is -0.437. The van der Waals surface area contributed by atoms with Gasteiger partial charge in [0.1, 0.15) is 16.7 Å². The number of benzene rings is 2. The summed E-state index contributed by atoms with van der Waals surface area (Å²) in [5.41, 5.74) is 1.95. The maximum absolute atomic E-state index is 12.2. The third-order valence-electron chi connectivity index (χ3n) is 10.7. The summed E-state index contributed by atoms with van der Waals surface area (Å²) in [6, 6.07) is 8.28. The number of allylic oxidation sites excluding steroid dienone is 6. The van der Waals surface area contributed by atoms with Crippen molar-refractivity contribution in [3.63, 3.8) is 0 Å². The maximum atomic E-state index is 12.2. The van der Waals surface area contributed by atoms with Gasteiger partial charge in [0, 0.05) is 53.9 Å². The van der Waals surface area contributed by atoms with Crippen molar-refractivity contribution in [1.82, 2.24) is 5.32 Å². The van der Waals surface area contributed by atoms with E-state index in [-0.39, 0.29) is 43.2 Å². The number of fused-ring (bicyclic) bond motifs is 2. The zero-order valence-electron chi connectivity index (χ0n) is 33.6. The van der Waals surface area contributed by atoms with Crippen molar-refractivity contribution in [3.8, 4) is 12.3 Å². The number of anilines is 1. The van der Waals surface area contributed by atoms with Crippen LogP contribution in [-0.4, -0.2) is 99.2 Å². The quantitative estimate of drug-likeness (QED) is 0.0438. The van der Waals surface area contributed by atoms with Crippen LogP contribution in [0.25, 0.3) is 0 Å². The van der Waals surface area contributed by atoms with Crippen LogP contribution in [0.15, 0.2) is 82.3 Å². The molecule has 1 unspecified atom stereocenters. The van der Waals surface area contributed by atoms with E-state index in [9.17, 15) is 56.7 Å². The van der Waals surface area contributed by atoms with E-state index >= 15 is 0 Å². The van der Waals surface area contributed by atoms with Crippen molar-refractivity contribution in [1.29, 1.82) is 0 Å². The number of terminal acetylenes is 1. The molecule has 4 N–H and O–H groups in total. The molecule has 328 valence electrons. The van der Waals surface area contributed by atoms with Gasteiger partial charge < -0.3 is 14.8 Å². The first-order valence-corrected chi connectivity index (χ1v) is 25.2. The predicted octanol–water partition coefficient (Wildman–Crippen LogP) is 4.63. The van der Waals surface area contributed by atoms with Crippen molar-refractivity contribution < 1.29 is 61.3 Å². The van der Waals surface area contributed by atoms with Gasteiger partial charge in [-0.3, -0.25) is 18.5 Å². The molecule has 2 aliphatic heterocycles. The smallest absolute Gasteiger partial charge is 0.294 e. The first kappa shape index (κ1) is 48.5. The summed E-state index contributed by atoms with van der Waals surface area (Å²) in [6.07, 6.45) is 16.9. The first-order chi connectivity index (χ1) is 27.8. The van der Waals surface area contributed by atoms with Crippen LogP contribution >= 0.6 is 0 Å². The first-order valence-electron chi connectivity index (χ1n) is 19.1. The summed E-state index contributed by atoms with van der Waals surface area (Å²) in [4.78, 5) is 13.4. The van der Waals surface area contributed by atoms with Gasteiger partial charge in [0.2, 0.25) is 11.6 Å². The minimum atomic E-state index is -4.85. The second-order valence-electron chi connectivity index (χ2n) is 15.4. The number of hydrogen-bond acceptors (Lipinski definition) is 11. The van der Waals surface area contributed by atoms with Crippen molar-refractivity contribution in [2.75, 3.05) is 36.0 Å². The average molecular weight is 910 g/mol. The summed E-state index contributed by atoms with van der Waals surface area (Å²) >= 11 is 0. The van der Waals surface area contributed by atoms with E-state index in [4.69, 9.17) is 6.42 Å². The van der Waals surface area contributed by atoms with E-state index in [0.717, 1.165) is 0 Å². The Morgan fingerprint density at radius 3 is 2.12 bits per heavy atom. The molecule has 20 heteroatoms. The van der Waals surface area contributed by atoms with Gasteiger partial charge in [0.05, 0.1) is 33.3 Å². The van der Waals surface area contributed by atoms with Crippen LogP contribution in [0, 0.1) is 12.3 Å². The Balaban J connectivity index is 1.74. The fourth-order valence-electron chi connectivity index (χ4n) is 7.74. The molecule has 0 saturated carbocycles.